The largest absolute Gasteiger partial charge is 0.468 e. The first-order chi connectivity index (χ1) is 11.9. The first-order valence-electron chi connectivity index (χ1n) is 8.92. The number of fused-ring (bicyclic) bond motifs is 1. The Kier molecular flexibility index (Phi) is 6.44. The van der Waals surface area contributed by atoms with Gasteiger partial charge in [-0.05, 0) is 49.0 Å². The zero-order valence-corrected chi connectivity index (χ0v) is 16.0. The van der Waals surface area contributed by atoms with Crippen LogP contribution in [-0.4, -0.2) is 39.9 Å². The number of hydrogen-bond donors (Lipinski definition) is 0. The molecule has 140 valence electrons. The molecule has 2 aliphatic carbocycles. The molecule has 0 spiro atoms. The second kappa shape index (κ2) is 8.17. The van der Waals surface area contributed by atoms with Gasteiger partial charge in [0.15, 0.2) is 5.41 Å². The van der Waals surface area contributed by atoms with Crippen LogP contribution >= 0.6 is 0 Å². The molecule has 0 N–H and O–H groups in total. The SMILES string of the molecule is COC/C1=C/C/C(C(C)C)=C\[C@@H]2CC(C(=O)OC)(C(=O)OC)C[C@@H]2C1. The molecule has 0 radical (unpaired) electrons. The van der Waals surface area contributed by atoms with Crippen LogP contribution < -0.4 is 0 Å². The lowest BCUT2D eigenvalue weighted by Crippen LogP contribution is -2.39. The highest BCUT2D eigenvalue weighted by Gasteiger charge is 2.56. The summed E-state index contributed by atoms with van der Waals surface area (Å²) in [6.07, 6.45) is 7.15. The van der Waals surface area contributed by atoms with Gasteiger partial charge in [-0.1, -0.05) is 31.6 Å². The summed E-state index contributed by atoms with van der Waals surface area (Å²) in [7, 11) is 4.36. The number of carbonyl (C=O) groups is 2. The Balaban J connectivity index is 2.41. The molecule has 5 nitrogen and oxygen atoms in total. The van der Waals surface area contributed by atoms with Crippen molar-refractivity contribution in [2.75, 3.05) is 27.9 Å². The van der Waals surface area contributed by atoms with Gasteiger partial charge in [0.25, 0.3) is 0 Å². The summed E-state index contributed by atoms with van der Waals surface area (Å²) in [6, 6.07) is 0. The van der Waals surface area contributed by atoms with Crippen LogP contribution in [0.3, 0.4) is 0 Å². The molecule has 0 saturated heterocycles. The van der Waals surface area contributed by atoms with Gasteiger partial charge < -0.3 is 14.2 Å². The van der Waals surface area contributed by atoms with Crippen molar-refractivity contribution in [2.24, 2.45) is 23.2 Å². The lowest BCUT2D eigenvalue weighted by atomic mass is 9.83. The molecule has 0 aromatic heterocycles. The van der Waals surface area contributed by atoms with E-state index in [9.17, 15) is 9.59 Å². The van der Waals surface area contributed by atoms with Crippen molar-refractivity contribution in [3.05, 3.63) is 23.3 Å². The third-order valence-electron chi connectivity index (χ3n) is 5.60. The number of esters is 2. The topological polar surface area (TPSA) is 61.8 Å². The van der Waals surface area contributed by atoms with E-state index in [1.54, 1.807) is 7.11 Å². The fourth-order valence-corrected chi connectivity index (χ4v) is 4.23. The van der Waals surface area contributed by atoms with E-state index in [-0.39, 0.29) is 11.8 Å². The molecule has 0 unspecified atom stereocenters. The van der Waals surface area contributed by atoms with Crippen LogP contribution in [0.15, 0.2) is 23.3 Å². The van der Waals surface area contributed by atoms with E-state index in [1.165, 1.54) is 25.4 Å². The summed E-state index contributed by atoms with van der Waals surface area (Å²) in [4.78, 5) is 25.0. The summed E-state index contributed by atoms with van der Waals surface area (Å²) in [5.74, 6) is -0.180. The summed E-state index contributed by atoms with van der Waals surface area (Å²) in [5, 5.41) is 0. The summed E-state index contributed by atoms with van der Waals surface area (Å²) < 4.78 is 15.3. The fraction of sp³-hybridized carbons (Fsp3) is 0.700. The van der Waals surface area contributed by atoms with Gasteiger partial charge in [-0.3, -0.25) is 9.59 Å². The number of hydrogen-bond acceptors (Lipinski definition) is 5. The smallest absolute Gasteiger partial charge is 0.323 e. The number of ether oxygens (including phenoxy) is 3. The summed E-state index contributed by atoms with van der Waals surface area (Å²) >= 11 is 0. The monoisotopic (exact) mass is 350 g/mol. The van der Waals surface area contributed by atoms with Crippen molar-refractivity contribution in [2.45, 2.75) is 39.5 Å². The molecule has 0 amide bonds. The Morgan fingerprint density at radius 2 is 1.80 bits per heavy atom. The van der Waals surface area contributed by atoms with Gasteiger partial charge in [-0.15, -0.1) is 0 Å². The van der Waals surface area contributed by atoms with Gasteiger partial charge in [0.05, 0.1) is 20.8 Å². The Hall–Kier alpha value is -1.62. The molecule has 5 heteroatoms. The zero-order chi connectivity index (χ0) is 18.6. The summed E-state index contributed by atoms with van der Waals surface area (Å²) in [6.45, 7) is 4.93. The normalized spacial score (nSPS) is 29.5. The Morgan fingerprint density at radius 3 is 2.32 bits per heavy atom. The van der Waals surface area contributed by atoms with Crippen molar-refractivity contribution in [1.82, 2.24) is 0 Å². The average Bonchev–Trinajstić information content (AvgIpc) is 2.93. The van der Waals surface area contributed by atoms with Crippen LogP contribution in [0.2, 0.25) is 0 Å². The van der Waals surface area contributed by atoms with Crippen molar-refractivity contribution < 1.29 is 23.8 Å². The zero-order valence-electron chi connectivity index (χ0n) is 16.0. The first kappa shape index (κ1) is 19.7. The molecule has 0 bridgehead atoms. The molecule has 25 heavy (non-hydrogen) atoms. The average molecular weight is 350 g/mol. The van der Waals surface area contributed by atoms with E-state index in [0.717, 1.165) is 12.8 Å². The Morgan fingerprint density at radius 1 is 1.16 bits per heavy atom. The number of carbonyl (C=O) groups excluding carboxylic acids is 2. The number of rotatable bonds is 5. The van der Waals surface area contributed by atoms with E-state index in [1.807, 2.05) is 0 Å². The van der Waals surface area contributed by atoms with Crippen LogP contribution in [0.4, 0.5) is 0 Å². The number of allylic oxidation sites excluding steroid dienone is 3. The van der Waals surface area contributed by atoms with Gasteiger partial charge in [-0.2, -0.15) is 0 Å². The standard InChI is InChI=1S/C20H30O5/c1-13(2)15-7-6-14(12-23-3)8-16-10-20(18(21)24-4,19(22)25-5)11-17(16)9-15/h6,9,13,16-17H,7-8,10-12H2,1-5H3/b14-6+,15-9+/t16-,17+/m0/s1. The maximum absolute atomic E-state index is 12.5. The highest BCUT2D eigenvalue weighted by Crippen LogP contribution is 2.51. The van der Waals surface area contributed by atoms with E-state index in [4.69, 9.17) is 14.2 Å². The second-order valence-electron chi connectivity index (χ2n) is 7.50. The van der Waals surface area contributed by atoms with E-state index in [0.29, 0.717) is 25.4 Å². The quantitative estimate of drug-likeness (QED) is 0.432. The van der Waals surface area contributed by atoms with Gasteiger partial charge in [0.2, 0.25) is 0 Å². The summed E-state index contributed by atoms with van der Waals surface area (Å²) in [5.41, 5.74) is 1.38. The minimum atomic E-state index is -1.19. The van der Waals surface area contributed by atoms with Crippen LogP contribution in [0.1, 0.15) is 39.5 Å². The molecule has 2 rings (SSSR count). The van der Waals surface area contributed by atoms with Gasteiger partial charge in [0, 0.05) is 7.11 Å². The van der Waals surface area contributed by atoms with E-state index < -0.39 is 17.4 Å². The molecule has 0 aromatic rings. The molecule has 0 heterocycles. The molecule has 2 atom stereocenters. The third-order valence-corrected chi connectivity index (χ3v) is 5.60. The van der Waals surface area contributed by atoms with Gasteiger partial charge in [0.1, 0.15) is 0 Å². The van der Waals surface area contributed by atoms with Crippen molar-refractivity contribution in [3.63, 3.8) is 0 Å². The lowest BCUT2D eigenvalue weighted by molar-refractivity contribution is -0.169. The van der Waals surface area contributed by atoms with Gasteiger partial charge in [-0.25, -0.2) is 0 Å². The maximum atomic E-state index is 12.5. The molecule has 2 aliphatic rings. The highest BCUT2D eigenvalue weighted by molar-refractivity contribution is 6.00. The predicted octanol–water partition coefficient (Wildman–Crippen LogP) is 3.29. The minimum Gasteiger partial charge on any atom is -0.468 e. The maximum Gasteiger partial charge on any atom is 0.323 e. The fourth-order valence-electron chi connectivity index (χ4n) is 4.23. The molecule has 0 aromatic carbocycles. The van der Waals surface area contributed by atoms with Crippen molar-refractivity contribution >= 4 is 11.9 Å². The van der Waals surface area contributed by atoms with Crippen LogP contribution in [0.5, 0.6) is 0 Å². The first-order valence-corrected chi connectivity index (χ1v) is 8.92. The Bertz CT molecular complexity index is 557. The van der Waals surface area contributed by atoms with Crippen LogP contribution in [0, 0.1) is 23.2 Å². The second-order valence-corrected chi connectivity index (χ2v) is 7.50. The lowest BCUT2D eigenvalue weighted by Gasteiger charge is -2.23. The van der Waals surface area contributed by atoms with Crippen LogP contribution in [0.25, 0.3) is 0 Å². The minimum absolute atomic E-state index is 0.163. The van der Waals surface area contributed by atoms with E-state index >= 15 is 0 Å². The molecular weight excluding hydrogens is 320 g/mol. The molecule has 1 fully saturated rings. The van der Waals surface area contributed by atoms with Crippen molar-refractivity contribution in [3.8, 4) is 0 Å². The number of methoxy groups -OCH3 is 3. The third kappa shape index (κ3) is 3.97. The van der Waals surface area contributed by atoms with E-state index in [2.05, 4.69) is 26.0 Å². The van der Waals surface area contributed by atoms with Crippen LogP contribution in [-0.2, 0) is 23.8 Å². The molecular formula is C20H30O5. The highest BCUT2D eigenvalue weighted by atomic mass is 16.5. The Labute approximate surface area is 150 Å². The van der Waals surface area contributed by atoms with Crippen molar-refractivity contribution in [1.29, 1.82) is 0 Å². The van der Waals surface area contributed by atoms with Gasteiger partial charge >= 0.3 is 11.9 Å². The predicted molar refractivity (Wildman–Crippen MR) is 94.8 cm³/mol. The molecule has 1 saturated carbocycles. The molecule has 0 aliphatic heterocycles.